The van der Waals surface area contributed by atoms with Crippen LogP contribution in [-0.4, -0.2) is 16.1 Å². The number of hydrogen-bond donors (Lipinski definition) is 1. The van der Waals surface area contributed by atoms with Crippen LogP contribution in [0, 0.1) is 0 Å². The Morgan fingerprint density at radius 2 is 2.40 bits per heavy atom. The molecule has 0 fully saturated rings. The number of imidazole rings is 1. The first-order chi connectivity index (χ1) is 7.24. The lowest BCUT2D eigenvalue weighted by Gasteiger charge is -1.98. The highest BCUT2D eigenvalue weighted by atomic mass is 35.5. The van der Waals surface area contributed by atoms with E-state index in [-0.39, 0.29) is 0 Å². The zero-order valence-corrected chi connectivity index (χ0v) is 9.98. The third-order valence-electron chi connectivity index (χ3n) is 2.24. The minimum absolute atomic E-state index is 0.588. The molecule has 0 aliphatic rings. The summed E-state index contributed by atoms with van der Waals surface area (Å²) in [5, 5.41) is 2.70. The molecule has 0 amide bonds. The first-order valence-corrected chi connectivity index (χ1v) is 5.95. The van der Waals surface area contributed by atoms with E-state index < -0.39 is 0 Å². The summed E-state index contributed by atoms with van der Waals surface area (Å²) in [4.78, 5) is 5.60. The lowest BCUT2D eigenvalue weighted by atomic mass is 10.4. The molecule has 0 bridgehead atoms. The predicted octanol–water partition coefficient (Wildman–Crippen LogP) is 2.30. The van der Waals surface area contributed by atoms with Gasteiger partial charge in [0.05, 0.1) is 4.88 Å². The zero-order chi connectivity index (χ0) is 10.8. The van der Waals surface area contributed by atoms with Gasteiger partial charge in [0.1, 0.15) is 16.7 Å². The van der Waals surface area contributed by atoms with Crippen LogP contribution in [0.4, 0.5) is 0 Å². The third kappa shape index (κ3) is 1.93. The quantitative estimate of drug-likeness (QED) is 0.896. The molecule has 0 aromatic carbocycles. The second kappa shape index (κ2) is 4.35. The highest BCUT2D eigenvalue weighted by molar-refractivity contribution is 7.13. The van der Waals surface area contributed by atoms with Crippen molar-refractivity contribution >= 4 is 22.9 Å². The van der Waals surface area contributed by atoms with Crippen LogP contribution in [0.3, 0.4) is 0 Å². The maximum Gasteiger partial charge on any atom is 0.137 e. The summed E-state index contributed by atoms with van der Waals surface area (Å²) >= 11 is 7.85. The van der Waals surface area contributed by atoms with E-state index in [1.165, 1.54) is 0 Å². The van der Waals surface area contributed by atoms with Crippen LogP contribution in [-0.2, 0) is 13.5 Å². The van der Waals surface area contributed by atoms with Crippen molar-refractivity contribution in [1.29, 1.82) is 0 Å². The molecular weight excluding hydrogens is 230 g/mol. The van der Waals surface area contributed by atoms with E-state index in [0.717, 1.165) is 22.8 Å². The molecular formula is C10H12ClN3S. The Kier molecular flexibility index (Phi) is 3.09. The molecule has 0 atom stereocenters. The van der Waals surface area contributed by atoms with Crippen LogP contribution in [0.2, 0.25) is 5.15 Å². The summed E-state index contributed by atoms with van der Waals surface area (Å²) in [5.41, 5.74) is 6.37. The Morgan fingerprint density at radius 1 is 1.60 bits per heavy atom. The van der Waals surface area contributed by atoms with E-state index in [1.54, 1.807) is 11.3 Å². The van der Waals surface area contributed by atoms with Crippen molar-refractivity contribution in [2.24, 2.45) is 12.8 Å². The lowest BCUT2D eigenvalue weighted by molar-refractivity contribution is 0.778. The van der Waals surface area contributed by atoms with Crippen molar-refractivity contribution in [3.05, 3.63) is 28.5 Å². The molecule has 2 aromatic heterocycles. The minimum Gasteiger partial charge on any atom is -0.330 e. The molecule has 3 nitrogen and oxygen atoms in total. The third-order valence-corrected chi connectivity index (χ3v) is 3.55. The number of nitrogens with two attached hydrogens (primary N) is 1. The van der Waals surface area contributed by atoms with Crippen molar-refractivity contribution in [3.63, 3.8) is 0 Å². The van der Waals surface area contributed by atoms with Gasteiger partial charge in [0.25, 0.3) is 0 Å². The molecule has 2 aromatic rings. The van der Waals surface area contributed by atoms with Crippen LogP contribution in [0.15, 0.2) is 17.5 Å². The van der Waals surface area contributed by atoms with Gasteiger partial charge >= 0.3 is 0 Å². The maximum atomic E-state index is 6.21. The van der Waals surface area contributed by atoms with Gasteiger partial charge in [0, 0.05) is 13.5 Å². The number of rotatable bonds is 3. The summed E-state index contributed by atoms with van der Waals surface area (Å²) in [5.74, 6) is 0.936. The number of nitrogens with zero attached hydrogens (tertiary/aromatic N) is 2. The summed E-state index contributed by atoms with van der Waals surface area (Å²) in [7, 11) is 1.91. The lowest BCUT2D eigenvalue weighted by Crippen LogP contribution is -2.07. The highest BCUT2D eigenvalue weighted by Crippen LogP contribution is 2.30. The van der Waals surface area contributed by atoms with E-state index in [1.807, 2.05) is 29.1 Å². The summed E-state index contributed by atoms with van der Waals surface area (Å²) < 4.78 is 1.89. The fraction of sp³-hybridized carbons (Fsp3) is 0.300. The molecule has 2 heterocycles. The first-order valence-electron chi connectivity index (χ1n) is 4.69. The minimum atomic E-state index is 0.588. The molecule has 0 saturated carbocycles. The molecule has 0 unspecified atom stereocenters. The molecule has 0 aliphatic carbocycles. The average Bonchev–Trinajstić information content (AvgIpc) is 2.82. The van der Waals surface area contributed by atoms with Crippen molar-refractivity contribution in [2.75, 3.05) is 6.54 Å². The Morgan fingerprint density at radius 3 is 3.00 bits per heavy atom. The van der Waals surface area contributed by atoms with Crippen molar-refractivity contribution in [2.45, 2.75) is 6.42 Å². The largest absolute Gasteiger partial charge is 0.330 e. The molecule has 0 saturated heterocycles. The van der Waals surface area contributed by atoms with Gasteiger partial charge in [-0.1, -0.05) is 17.7 Å². The molecule has 0 spiro atoms. The summed E-state index contributed by atoms with van der Waals surface area (Å²) in [6.07, 6.45) is 0.752. The van der Waals surface area contributed by atoms with Gasteiger partial charge in [-0.3, -0.25) is 0 Å². The Hall–Kier alpha value is -0.840. The van der Waals surface area contributed by atoms with Gasteiger partial charge in [-0.15, -0.1) is 11.3 Å². The number of aromatic nitrogens is 2. The van der Waals surface area contributed by atoms with E-state index in [9.17, 15) is 0 Å². The fourth-order valence-corrected chi connectivity index (χ4v) is 2.46. The smallest absolute Gasteiger partial charge is 0.137 e. The van der Waals surface area contributed by atoms with E-state index in [4.69, 9.17) is 17.3 Å². The van der Waals surface area contributed by atoms with Crippen molar-refractivity contribution in [3.8, 4) is 10.6 Å². The topological polar surface area (TPSA) is 43.8 Å². The molecule has 80 valence electrons. The highest BCUT2D eigenvalue weighted by Gasteiger charge is 2.14. The van der Waals surface area contributed by atoms with Crippen LogP contribution in [0.25, 0.3) is 10.6 Å². The van der Waals surface area contributed by atoms with E-state index in [0.29, 0.717) is 11.7 Å². The van der Waals surface area contributed by atoms with Gasteiger partial charge < -0.3 is 10.3 Å². The van der Waals surface area contributed by atoms with Crippen LogP contribution in [0.5, 0.6) is 0 Å². The van der Waals surface area contributed by atoms with Crippen molar-refractivity contribution in [1.82, 2.24) is 9.55 Å². The number of hydrogen-bond acceptors (Lipinski definition) is 3. The molecule has 0 aliphatic heterocycles. The van der Waals surface area contributed by atoms with E-state index >= 15 is 0 Å². The maximum absolute atomic E-state index is 6.21. The predicted molar refractivity (Wildman–Crippen MR) is 64.3 cm³/mol. The van der Waals surface area contributed by atoms with Crippen LogP contribution in [0.1, 0.15) is 5.82 Å². The standard InChI is InChI=1S/C10H12ClN3S/c1-14-8(4-5-12)13-9(10(14)11)7-3-2-6-15-7/h2-3,6H,4-5,12H2,1H3. The van der Waals surface area contributed by atoms with Crippen molar-refractivity contribution < 1.29 is 0 Å². The fourth-order valence-electron chi connectivity index (χ4n) is 1.45. The monoisotopic (exact) mass is 241 g/mol. The number of halogens is 1. The molecule has 0 radical (unpaired) electrons. The Balaban J connectivity index is 2.45. The van der Waals surface area contributed by atoms with Gasteiger partial charge in [0.2, 0.25) is 0 Å². The normalized spacial score (nSPS) is 10.9. The van der Waals surface area contributed by atoms with Crippen LogP contribution < -0.4 is 5.73 Å². The summed E-state index contributed by atoms with van der Waals surface area (Å²) in [6, 6.07) is 4.01. The Bertz CT molecular complexity index is 447. The molecule has 15 heavy (non-hydrogen) atoms. The zero-order valence-electron chi connectivity index (χ0n) is 8.40. The van der Waals surface area contributed by atoms with Gasteiger partial charge in [-0.2, -0.15) is 0 Å². The van der Waals surface area contributed by atoms with Gasteiger partial charge in [-0.05, 0) is 18.0 Å². The van der Waals surface area contributed by atoms with Gasteiger partial charge in [0.15, 0.2) is 0 Å². The average molecular weight is 242 g/mol. The Labute approximate surface area is 97.5 Å². The first kappa shape index (κ1) is 10.7. The number of thiophene rings is 1. The molecule has 5 heteroatoms. The second-order valence-corrected chi connectivity index (χ2v) is 4.55. The second-order valence-electron chi connectivity index (χ2n) is 3.24. The van der Waals surface area contributed by atoms with Crippen LogP contribution >= 0.6 is 22.9 Å². The van der Waals surface area contributed by atoms with E-state index in [2.05, 4.69) is 4.98 Å². The SMILES string of the molecule is Cn1c(CCN)nc(-c2cccs2)c1Cl. The van der Waals surface area contributed by atoms with Gasteiger partial charge in [-0.25, -0.2) is 4.98 Å². The molecule has 2 rings (SSSR count). The molecule has 2 N–H and O–H groups in total. The summed E-state index contributed by atoms with van der Waals surface area (Å²) in [6.45, 7) is 0.588.